The van der Waals surface area contributed by atoms with Gasteiger partial charge >= 0.3 is 5.97 Å². The van der Waals surface area contributed by atoms with Crippen LogP contribution in [-0.4, -0.2) is 19.3 Å². The molecule has 0 aromatic heterocycles. The van der Waals surface area contributed by atoms with Gasteiger partial charge in [0, 0.05) is 5.02 Å². The summed E-state index contributed by atoms with van der Waals surface area (Å²) in [5.74, 6) is -0.586. The number of benzene rings is 1. The van der Waals surface area contributed by atoms with Gasteiger partial charge in [0.2, 0.25) is 0 Å². The van der Waals surface area contributed by atoms with E-state index >= 15 is 0 Å². The number of hydrogen-bond acceptors (Lipinski definition) is 3. The van der Waals surface area contributed by atoms with Crippen LogP contribution >= 0.6 is 34.8 Å². The van der Waals surface area contributed by atoms with E-state index in [1.165, 1.54) is 19.2 Å². The van der Waals surface area contributed by atoms with Crippen LogP contribution in [0.25, 0.3) is 0 Å². The van der Waals surface area contributed by atoms with Crippen molar-refractivity contribution >= 4 is 52.7 Å². The summed E-state index contributed by atoms with van der Waals surface area (Å²) < 4.78 is 4.37. The van der Waals surface area contributed by atoms with Crippen molar-refractivity contribution < 1.29 is 9.53 Å². The molecule has 0 saturated carbocycles. The molecule has 0 aliphatic carbocycles. The minimum atomic E-state index is -0.586. The lowest BCUT2D eigenvalue weighted by Gasteiger charge is -2.01. The normalized spacial score (nSPS) is 10.7. The largest absolute Gasteiger partial charge is 0.465 e. The summed E-state index contributed by atoms with van der Waals surface area (Å²) in [7, 11) is 1.25. The molecule has 1 aromatic rings. The second-order valence-electron chi connectivity index (χ2n) is 2.50. The number of carbonyl (C=O) groups is 1. The predicted molar refractivity (Wildman–Crippen MR) is 61.6 cm³/mol. The Kier molecular flexibility index (Phi) is 4.39. The van der Waals surface area contributed by atoms with Crippen molar-refractivity contribution in [3.05, 3.63) is 27.2 Å². The van der Waals surface area contributed by atoms with Gasteiger partial charge in [-0.15, -0.1) is 0 Å². The Bertz CT molecular complexity index is 395. The van der Waals surface area contributed by atoms with Crippen LogP contribution < -0.4 is 0 Å². The van der Waals surface area contributed by atoms with Gasteiger partial charge < -0.3 is 4.74 Å². The molecule has 0 saturated heterocycles. The van der Waals surface area contributed by atoms with Crippen molar-refractivity contribution in [2.45, 2.75) is 0 Å². The third kappa shape index (κ3) is 3.38. The molecule has 0 spiro atoms. The van der Waals surface area contributed by atoms with Gasteiger partial charge in [0.25, 0.3) is 0 Å². The van der Waals surface area contributed by atoms with Gasteiger partial charge in [-0.25, -0.2) is 9.79 Å². The molecule has 0 radical (unpaired) electrons. The number of ether oxygens (including phenoxy) is 1. The molecule has 0 aliphatic heterocycles. The average molecular weight is 267 g/mol. The quantitative estimate of drug-likeness (QED) is 0.607. The first-order chi connectivity index (χ1) is 7.04. The Labute approximate surface area is 102 Å². The molecular weight excluding hydrogens is 260 g/mol. The maximum Gasteiger partial charge on any atom is 0.349 e. The van der Waals surface area contributed by atoms with E-state index in [0.717, 1.165) is 6.21 Å². The highest BCUT2D eigenvalue weighted by Crippen LogP contribution is 2.35. The molecule has 0 bridgehead atoms. The number of hydrogen-bond donors (Lipinski definition) is 0. The van der Waals surface area contributed by atoms with E-state index in [-0.39, 0.29) is 15.7 Å². The highest BCUT2D eigenvalue weighted by atomic mass is 35.5. The number of carbonyl (C=O) groups excluding carboxylic acids is 1. The van der Waals surface area contributed by atoms with Crippen LogP contribution in [0.2, 0.25) is 15.1 Å². The van der Waals surface area contributed by atoms with Gasteiger partial charge in [-0.3, -0.25) is 0 Å². The molecule has 3 nitrogen and oxygen atoms in total. The van der Waals surface area contributed by atoms with Gasteiger partial charge in [-0.1, -0.05) is 34.8 Å². The van der Waals surface area contributed by atoms with E-state index in [4.69, 9.17) is 34.8 Å². The summed E-state index contributed by atoms with van der Waals surface area (Å²) >= 11 is 17.4. The third-order valence-electron chi connectivity index (χ3n) is 1.48. The van der Waals surface area contributed by atoms with E-state index in [1.807, 2.05) is 0 Å². The van der Waals surface area contributed by atoms with Crippen molar-refractivity contribution in [3.63, 3.8) is 0 Å². The second-order valence-corrected chi connectivity index (χ2v) is 3.75. The summed E-state index contributed by atoms with van der Waals surface area (Å²) in [6.45, 7) is 0. The molecule has 0 heterocycles. The Hall–Kier alpha value is -0.770. The lowest BCUT2D eigenvalue weighted by Crippen LogP contribution is -2.00. The number of aliphatic imine (C=N–C) groups is 1. The van der Waals surface area contributed by atoms with Gasteiger partial charge in [0.15, 0.2) is 0 Å². The summed E-state index contributed by atoms with van der Waals surface area (Å²) in [4.78, 5) is 14.6. The van der Waals surface area contributed by atoms with Crippen molar-refractivity contribution in [2.75, 3.05) is 7.11 Å². The van der Waals surface area contributed by atoms with Gasteiger partial charge in [-0.2, -0.15) is 0 Å². The highest BCUT2D eigenvalue weighted by molar-refractivity contribution is 6.41. The zero-order valence-electron chi connectivity index (χ0n) is 7.63. The zero-order valence-corrected chi connectivity index (χ0v) is 9.90. The molecule has 0 amide bonds. The van der Waals surface area contributed by atoms with Crippen LogP contribution in [0.3, 0.4) is 0 Å². The molecule has 1 rings (SSSR count). The fourth-order valence-electron chi connectivity index (χ4n) is 0.828. The Morgan fingerprint density at radius 2 is 1.87 bits per heavy atom. The lowest BCUT2D eigenvalue weighted by atomic mass is 10.3. The molecule has 6 heteroatoms. The fourth-order valence-corrected chi connectivity index (χ4v) is 1.74. The van der Waals surface area contributed by atoms with Crippen molar-refractivity contribution in [3.8, 4) is 0 Å². The van der Waals surface area contributed by atoms with Crippen molar-refractivity contribution in [1.29, 1.82) is 0 Å². The summed E-state index contributed by atoms with van der Waals surface area (Å²) in [5, 5.41) is 0.947. The van der Waals surface area contributed by atoms with Gasteiger partial charge in [0.1, 0.15) is 11.9 Å². The van der Waals surface area contributed by atoms with Gasteiger partial charge in [0.05, 0.1) is 17.2 Å². The molecule has 0 atom stereocenters. The molecule has 80 valence electrons. The fraction of sp³-hybridized carbons (Fsp3) is 0.111. The first-order valence-corrected chi connectivity index (χ1v) is 4.94. The number of methoxy groups -OCH3 is 1. The monoisotopic (exact) mass is 265 g/mol. The number of rotatable bonds is 2. The van der Waals surface area contributed by atoms with E-state index in [9.17, 15) is 4.79 Å². The molecule has 0 N–H and O–H groups in total. The minimum Gasteiger partial charge on any atom is -0.465 e. The number of esters is 1. The Morgan fingerprint density at radius 3 is 2.33 bits per heavy atom. The third-order valence-corrected chi connectivity index (χ3v) is 2.28. The van der Waals surface area contributed by atoms with Gasteiger partial charge in [-0.05, 0) is 12.1 Å². The Morgan fingerprint density at radius 1 is 1.33 bits per heavy atom. The summed E-state index contributed by atoms with van der Waals surface area (Å²) in [6, 6.07) is 2.97. The van der Waals surface area contributed by atoms with Crippen LogP contribution in [0.1, 0.15) is 0 Å². The molecule has 15 heavy (non-hydrogen) atoms. The number of halogens is 3. The minimum absolute atomic E-state index is 0.271. The molecule has 0 aliphatic rings. The zero-order chi connectivity index (χ0) is 11.4. The van der Waals surface area contributed by atoms with Crippen LogP contribution in [-0.2, 0) is 9.53 Å². The molecule has 0 fully saturated rings. The van der Waals surface area contributed by atoms with Crippen molar-refractivity contribution in [2.24, 2.45) is 4.99 Å². The van der Waals surface area contributed by atoms with E-state index in [0.29, 0.717) is 5.02 Å². The molecule has 1 aromatic carbocycles. The van der Waals surface area contributed by atoms with E-state index in [2.05, 4.69) is 9.73 Å². The maximum atomic E-state index is 10.8. The first-order valence-electron chi connectivity index (χ1n) is 3.81. The van der Waals surface area contributed by atoms with Crippen LogP contribution in [0.5, 0.6) is 0 Å². The van der Waals surface area contributed by atoms with Crippen LogP contribution in [0.15, 0.2) is 17.1 Å². The standard InChI is InChI=1S/C9H6Cl3NO2/c1-15-8(14)4-13-9-6(11)2-5(10)3-7(9)12/h2-4H,1H3. The lowest BCUT2D eigenvalue weighted by molar-refractivity contribution is -0.132. The SMILES string of the molecule is COC(=O)C=Nc1c(Cl)cc(Cl)cc1Cl. The average Bonchev–Trinajstić information content (AvgIpc) is 2.15. The highest BCUT2D eigenvalue weighted by Gasteiger charge is 2.06. The maximum absolute atomic E-state index is 10.8. The smallest absolute Gasteiger partial charge is 0.349 e. The first kappa shape index (κ1) is 12.3. The predicted octanol–water partition coefficient (Wildman–Crippen LogP) is 3.52. The van der Waals surface area contributed by atoms with E-state index < -0.39 is 5.97 Å². The topological polar surface area (TPSA) is 38.7 Å². The van der Waals surface area contributed by atoms with Crippen LogP contribution in [0, 0.1) is 0 Å². The second kappa shape index (κ2) is 5.35. The van der Waals surface area contributed by atoms with Crippen molar-refractivity contribution in [1.82, 2.24) is 0 Å². The summed E-state index contributed by atoms with van der Waals surface area (Å²) in [6.07, 6.45) is 0.987. The Balaban J connectivity index is 3.05. The van der Waals surface area contributed by atoms with E-state index in [1.54, 1.807) is 0 Å². The summed E-state index contributed by atoms with van der Waals surface area (Å²) in [5.41, 5.74) is 0.285. The molecular formula is C9H6Cl3NO2. The molecule has 0 unspecified atom stereocenters. The number of nitrogens with zero attached hydrogens (tertiary/aromatic N) is 1. The van der Waals surface area contributed by atoms with Crippen LogP contribution in [0.4, 0.5) is 5.69 Å².